The van der Waals surface area contributed by atoms with Crippen LogP contribution >= 0.6 is 0 Å². The summed E-state index contributed by atoms with van der Waals surface area (Å²) < 4.78 is 53.1. The molecule has 1 aliphatic carbocycles. The maximum atomic E-state index is 14.1. The standard InChI is InChI=1S/C28H25F3O3/c1-17(2)20-5-3-4-6-21(20)22-9-7-18(13-23(22)28(29,30)31)14-26(32)27(11-12-27)19-8-10-24-25(15-19)34-16-33-24/h3-10,13,15,17H,11-12,14,16H2,1-2H3. The van der Waals surface area contributed by atoms with E-state index in [9.17, 15) is 18.0 Å². The minimum atomic E-state index is -4.53. The van der Waals surface area contributed by atoms with Crippen molar-refractivity contribution in [1.82, 2.24) is 0 Å². The number of alkyl halides is 3. The molecule has 176 valence electrons. The van der Waals surface area contributed by atoms with Gasteiger partial charge in [0, 0.05) is 6.42 Å². The summed E-state index contributed by atoms with van der Waals surface area (Å²) in [6, 6.07) is 16.9. The van der Waals surface area contributed by atoms with Crippen LogP contribution in [0, 0.1) is 0 Å². The van der Waals surface area contributed by atoms with Crippen LogP contribution in [-0.2, 0) is 22.8 Å². The molecule has 0 N–H and O–H groups in total. The molecule has 2 aliphatic rings. The van der Waals surface area contributed by atoms with E-state index >= 15 is 0 Å². The third-order valence-corrected chi connectivity index (χ3v) is 6.84. The largest absolute Gasteiger partial charge is 0.454 e. The summed E-state index contributed by atoms with van der Waals surface area (Å²) in [4.78, 5) is 13.3. The van der Waals surface area contributed by atoms with Crippen molar-refractivity contribution in [3.05, 3.63) is 82.9 Å². The number of hydrogen-bond donors (Lipinski definition) is 0. The van der Waals surface area contributed by atoms with E-state index in [1.165, 1.54) is 6.07 Å². The number of benzene rings is 3. The molecule has 0 atom stereocenters. The monoisotopic (exact) mass is 466 g/mol. The molecule has 34 heavy (non-hydrogen) atoms. The molecule has 1 saturated carbocycles. The molecular formula is C28H25F3O3. The van der Waals surface area contributed by atoms with Gasteiger partial charge < -0.3 is 9.47 Å². The molecule has 3 nitrogen and oxygen atoms in total. The predicted octanol–water partition coefficient (Wildman–Crippen LogP) is 7.07. The number of rotatable bonds is 6. The van der Waals surface area contributed by atoms with E-state index < -0.39 is 17.2 Å². The summed E-state index contributed by atoms with van der Waals surface area (Å²) in [6.45, 7) is 4.07. The predicted molar refractivity (Wildman–Crippen MR) is 123 cm³/mol. The third kappa shape index (κ3) is 3.95. The highest BCUT2D eigenvalue weighted by Crippen LogP contribution is 2.52. The molecule has 1 aliphatic heterocycles. The Kier molecular flexibility index (Phi) is 5.42. The van der Waals surface area contributed by atoms with Crippen LogP contribution in [0.2, 0.25) is 0 Å². The number of ketones is 1. The lowest BCUT2D eigenvalue weighted by molar-refractivity contribution is -0.137. The van der Waals surface area contributed by atoms with Gasteiger partial charge in [0.1, 0.15) is 5.78 Å². The van der Waals surface area contributed by atoms with Gasteiger partial charge in [-0.15, -0.1) is 0 Å². The molecule has 5 rings (SSSR count). The number of carbonyl (C=O) groups is 1. The molecule has 6 heteroatoms. The van der Waals surface area contributed by atoms with E-state index in [4.69, 9.17) is 9.47 Å². The van der Waals surface area contributed by atoms with Crippen LogP contribution in [-0.4, -0.2) is 12.6 Å². The van der Waals surface area contributed by atoms with Gasteiger partial charge in [0.05, 0.1) is 11.0 Å². The summed E-state index contributed by atoms with van der Waals surface area (Å²) in [7, 11) is 0. The zero-order valence-corrected chi connectivity index (χ0v) is 19.0. The highest BCUT2D eigenvalue weighted by atomic mass is 19.4. The first-order chi connectivity index (χ1) is 16.2. The lowest BCUT2D eigenvalue weighted by Gasteiger charge is -2.19. The molecule has 1 fully saturated rings. The quantitative estimate of drug-likeness (QED) is 0.390. The van der Waals surface area contributed by atoms with E-state index in [1.807, 2.05) is 38.1 Å². The van der Waals surface area contributed by atoms with E-state index in [2.05, 4.69) is 0 Å². The molecule has 0 radical (unpaired) electrons. The Balaban J connectivity index is 1.47. The van der Waals surface area contributed by atoms with Crippen LogP contribution in [0.5, 0.6) is 11.5 Å². The smallest absolute Gasteiger partial charge is 0.417 e. The van der Waals surface area contributed by atoms with Gasteiger partial charge in [0.25, 0.3) is 0 Å². The number of halogens is 3. The number of Topliss-reactive ketones (excluding diaryl/α,β-unsaturated/α-hetero) is 1. The second-order valence-corrected chi connectivity index (χ2v) is 9.37. The zero-order valence-electron chi connectivity index (χ0n) is 19.0. The third-order valence-electron chi connectivity index (χ3n) is 6.84. The average Bonchev–Trinajstić information content (AvgIpc) is 3.49. The normalized spacial score (nSPS) is 16.1. The first-order valence-corrected chi connectivity index (χ1v) is 11.4. The minimum Gasteiger partial charge on any atom is -0.454 e. The molecule has 3 aromatic carbocycles. The molecule has 0 unspecified atom stereocenters. The SMILES string of the molecule is CC(C)c1ccccc1-c1ccc(CC(=O)C2(c3ccc4c(c3)OCO4)CC2)cc1C(F)(F)F. The Morgan fingerprint density at radius 1 is 0.941 bits per heavy atom. The molecule has 0 aromatic heterocycles. The number of hydrogen-bond acceptors (Lipinski definition) is 3. The van der Waals surface area contributed by atoms with Gasteiger partial charge in [-0.2, -0.15) is 13.2 Å². The first kappa shape index (κ1) is 22.5. The van der Waals surface area contributed by atoms with Crippen LogP contribution in [0.1, 0.15) is 54.9 Å². The lowest BCUT2D eigenvalue weighted by Crippen LogP contribution is -2.22. The number of fused-ring (bicyclic) bond motifs is 1. The highest BCUT2D eigenvalue weighted by Gasteiger charge is 2.51. The number of carbonyl (C=O) groups excluding carboxylic acids is 1. The zero-order chi connectivity index (χ0) is 24.1. The van der Waals surface area contributed by atoms with Gasteiger partial charge >= 0.3 is 6.18 Å². The topological polar surface area (TPSA) is 35.5 Å². The molecule has 3 aromatic rings. The first-order valence-electron chi connectivity index (χ1n) is 11.4. The van der Waals surface area contributed by atoms with Crippen molar-refractivity contribution in [2.45, 2.75) is 50.6 Å². The van der Waals surface area contributed by atoms with Crippen molar-refractivity contribution >= 4 is 5.78 Å². The van der Waals surface area contributed by atoms with E-state index in [1.54, 1.807) is 24.3 Å². The van der Waals surface area contributed by atoms with Crippen LogP contribution in [0.3, 0.4) is 0 Å². The fourth-order valence-electron chi connectivity index (χ4n) is 4.82. The van der Waals surface area contributed by atoms with Gasteiger partial charge in [-0.05, 0) is 64.8 Å². The van der Waals surface area contributed by atoms with Crippen molar-refractivity contribution in [3.63, 3.8) is 0 Å². The Hall–Kier alpha value is -3.28. The minimum absolute atomic E-state index is 0.0520. The Morgan fingerprint density at radius 2 is 1.68 bits per heavy atom. The molecule has 1 heterocycles. The Morgan fingerprint density at radius 3 is 2.38 bits per heavy atom. The molecule has 0 bridgehead atoms. The van der Waals surface area contributed by atoms with Crippen LogP contribution in [0.25, 0.3) is 11.1 Å². The lowest BCUT2D eigenvalue weighted by atomic mass is 9.86. The van der Waals surface area contributed by atoms with Crippen molar-refractivity contribution < 1.29 is 27.4 Å². The van der Waals surface area contributed by atoms with Gasteiger partial charge in [-0.1, -0.05) is 56.3 Å². The van der Waals surface area contributed by atoms with E-state index in [0.29, 0.717) is 35.5 Å². The fraction of sp³-hybridized carbons (Fsp3) is 0.321. The summed E-state index contributed by atoms with van der Waals surface area (Å²) in [5.74, 6) is 1.24. The summed E-state index contributed by atoms with van der Waals surface area (Å²) >= 11 is 0. The Labute approximate surface area is 196 Å². The molecule has 0 saturated heterocycles. The summed E-state index contributed by atoms with van der Waals surface area (Å²) in [5.41, 5.74) is 1.40. The van der Waals surface area contributed by atoms with Crippen LogP contribution in [0.15, 0.2) is 60.7 Å². The molecule has 0 spiro atoms. The van der Waals surface area contributed by atoms with Gasteiger partial charge in [-0.25, -0.2) is 0 Å². The van der Waals surface area contributed by atoms with Crippen molar-refractivity contribution in [2.75, 3.05) is 6.79 Å². The van der Waals surface area contributed by atoms with Crippen molar-refractivity contribution in [1.29, 1.82) is 0 Å². The van der Waals surface area contributed by atoms with Gasteiger partial charge in [0.15, 0.2) is 11.5 Å². The summed E-state index contributed by atoms with van der Waals surface area (Å²) in [6.07, 6.45) is -3.23. The van der Waals surface area contributed by atoms with Gasteiger partial charge in [0.2, 0.25) is 6.79 Å². The maximum Gasteiger partial charge on any atom is 0.417 e. The molecular weight excluding hydrogens is 441 g/mol. The second-order valence-electron chi connectivity index (χ2n) is 9.37. The van der Waals surface area contributed by atoms with Crippen molar-refractivity contribution in [3.8, 4) is 22.6 Å². The van der Waals surface area contributed by atoms with E-state index in [-0.39, 0.29) is 30.5 Å². The highest BCUT2D eigenvalue weighted by molar-refractivity contribution is 5.95. The average molecular weight is 466 g/mol. The van der Waals surface area contributed by atoms with Gasteiger partial charge in [-0.3, -0.25) is 4.79 Å². The molecule has 0 amide bonds. The van der Waals surface area contributed by atoms with E-state index in [0.717, 1.165) is 17.2 Å². The van der Waals surface area contributed by atoms with Crippen LogP contribution in [0.4, 0.5) is 13.2 Å². The number of ether oxygens (including phenoxy) is 2. The Bertz CT molecular complexity index is 1260. The summed E-state index contributed by atoms with van der Waals surface area (Å²) in [5, 5.41) is 0. The maximum absolute atomic E-state index is 14.1. The second kappa shape index (κ2) is 8.19. The fourth-order valence-corrected chi connectivity index (χ4v) is 4.82. The van der Waals surface area contributed by atoms with Crippen molar-refractivity contribution in [2.24, 2.45) is 0 Å². The van der Waals surface area contributed by atoms with Crippen LogP contribution < -0.4 is 9.47 Å².